The number of aliphatic hydroxyl groups is 1. The van der Waals surface area contributed by atoms with Crippen molar-refractivity contribution in [1.82, 2.24) is 16.0 Å². The molecule has 0 radical (unpaired) electrons. The molecule has 0 saturated carbocycles. The fourth-order valence-corrected chi connectivity index (χ4v) is 4.99. The molecule has 5 N–H and O–H groups in total. The summed E-state index contributed by atoms with van der Waals surface area (Å²) in [6.07, 6.45) is 8.88. The van der Waals surface area contributed by atoms with Gasteiger partial charge >= 0.3 is 12.1 Å². The highest BCUT2D eigenvalue weighted by Gasteiger charge is 2.57. The second kappa shape index (κ2) is 19.3. The van der Waals surface area contributed by atoms with E-state index in [0.717, 1.165) is 31.9 Å². The number of halogens is 1. The van der Waals surface area contributed by atoms with Crippen LogP contribution in [0.1, 0.15) is 58.9 Å². The number of alkyl carbamates (subject to hydrolysis) is 1. The molecule has 0 aliphatic carbocycles. The molecular formula is C32H50ClN3O8. The summed E-state index contributed by atoms with van der Waals surface area (Å²) in [7, 11) is 5.86. The monoisotopic (exact) mass is 639 g/mol. The van der Waals surface area contributed by atoms with Gasteiger partial charge in [0.2, 0.25) is 5.91 Å². The van der Waals surface area contributed by atoms with Crippen LogP contribution in [0.15, 0.2) is 42.0 Å². The number of hydrogen-bond acceptors (Lipinski definition) is 8. The van der Waals surface area contributed by atoms with Crippen LogP contribution in [0.5, 0.6) is 5.75 Å². The number of amides is 2. The van der Waals surface area contributed by atoms with E-state index < -0.39 is 12.0 Å². The number of carboxylic acid groups (broad SMARTS) is 1. The Morgan fingerprint density at radius 3 is 2.52 bits per heavy atom. The van der Waals surface area contributed by atoms with E-state index >= 15 is 0 Å². The number of allylic oxidation sites excluding steroid dienone is 3. The first-order valence-corrected chi connectivity index (χ1v) is 15.1. The Bertz CT molecular complexity index is 1140. The van der Waals surface area contributed by atoms with Gasteiger partial charge in [-0.2, -0.15) is 0 Å². The maximum absolute atomic E-state index is 12.2. The van der Waals surface area contributed by atoms with Crippen molar-refractivity contribution < 1.29 is 38.8 Å². The molecule has 11 nitrogen and oxygen atoms in total. The third kappa shape index (κ3) is 12.9. The summed E-state index contributed by atoms with van der Waals surface area (Å²) in [6, 6.07) is 5.37. The van der Waals surface area contributed by atoms with Crippen LogP contribution in [0.25, 0.3) is 0 Å². The highest BCUT2D eigenvalue weighted by atomic mass is 35.5. The second-order valence-corrected chi connectivity index (χ2v) is 11.5. The number of aliphatic hydroxyl groups excluding tert-OH is 1. The molecular weight excluding hydrogens is 590 g/mol. The SMILES string of the molecule is CNC(=O)CC[C@]1(C)OC1[C@H](C)C1CC(C/C=C/C=C(\C)Cc2ccc(Cl)c(OC)c2)NC(=O)O1.CN[C@H](C)C(=O)O.CO. The molecule has 3 unspecified atom stereocenters. The summed E-state index contributed by atoms with van der Waals surface area (Å²) in [5.41, 5.74) is 2.00. The van der Waals surface area contributed by atoms with Crippen LogP contribution in [-0.4, -0.2) is 86.4 Å². The van der Waals surface area contributed by atoms with Crippen molar-refractivity contribution in [1.29, 1.82) is 0 Å². The Balaban J connectivity index is 0.000000945. The molecule has 2 aliphatic heterocycles. The number of aliphatic carboxylic acids is 1. The zero-order valence-electron chi connectivity index (χ0n) is 27.1. The molecule has 44 heavy (non-hydrogen) atoms. The largest absolute Gasteiger partial charge is 0.495 e. The molecule has 2 amide bonds. The summed E-state index contributed by atoms with van der Waals surface area (Å²) >= 11 is 6.10. The Hall–Kier alpha value is -3.12. The van der Waals surface area contributed by atoms with E-state index in [4.69, 9.17) is 36.0 Å². The highest BCUT2D eigenvalue weighted by molar-refractivity contribution is 6.32. The number of carbonyl (C=O) groups is 3. The number of cyclic esters (lactones) is 1. The highest BCUT2D eigenvalue weighted by Crippen LogP contribution is 2.46. The Labute approximate surface area is 266 Å². The van der Waals surface area contributed by atoms with Crippen molar-refractivity contribution in [2.75, 3.05) is 28.3 Å². The van der Waals surface area contributed by atoms with Crippen molar-refractivity contribution in [3.63, 3.8) is 0 Å². The van der Waals surface area contributed by atoms with Gasteiger partial charge in [-0.15, -0.1) is 0 Å². The van der Waals surface area contributed by atoms with Gasteiger partial charge in [0.25, 0.3) is 0 Å². The van der Waals surface area contributed by atoms with Gasteiger partial charge in [-0.1, -0.05) is 48.4 Å². The molecule has 12 heteroatoms. The molecule has 0 spiro atoms. The summed E-state index contributed by atoms with van der Waals surface area (Å²) < 4.78 is 16.8. The lowest BCUT2D eigenvalue weighted by Crippen LogP contribution is -2.48. The Morgan fingerprint density at radius 2 is 1.95 bits per heavy atom. The number of ether oxygens (including phenoxy) is 3. The number of epoxide rings is 1. The number of benzene rings is 1. The minimum absolute atomic E-state index is 0.00468. The molecule has 6 atom stereocenters. The van der Waals surface area contributed by atoms with Crippen molar-refractivity contribution in [2.24, 2.45) is 5.92 Å². The molecule has 0 bridgehead atoms. The van der Waals surface area contributed by atoms with E-state index in [1.807, 2.05) is 31.2 Å². The van der Waals surface area contributed by atoms with Gasteiger partial charge < -0.3 is 40.4 Å². The fourth-order valence-electron chi connectivity index (χ4n) is 4.80. The fraction of sp³-hybridized carbons (Fsp3) is 0.594. The van der Waals surface area contributed by atoms with Crippen molar-refractivity contribution in [3.8, 4) is 5.75 Å². The third-order valence-electron chi connectivity index (χ3n) is 7.67. The number of carboxylic acids is 1. The van der Waals surface area contributed by atoms with Crippen molar-refractivity contribution in [3.05, 3.63) is 52.6 Å². The van der Waals surface area contributed by atoms with E-state index in [0.29, 0.717) is 23.6 Å². The van der Waals surface area contributed by atoms with Crippen LogP contribution < -0.4 is 20.7 Å². The van der Waals surface area contributed by atoms with Gasteiger partial charge in [-0.05, 0) is 64.8 Å². The predicted octanol–water partition coefficient (Wildman–Crippen LogP) is 4.26. The number of nitrogens with one attached hydrogen (secondary N) is 3. The minimum atomic E-state index is -0.817. The lowest BCUT2D eigenvalue weighted by Gasteiger charge is -2.33. The van der Waals surface area contributed by atoms with Gasteiger partial charge in [-0.25, -0.2) is 4.79 Å². The zero-order valence-corrected chi connectivity index (χ0v) is 27.9. The maximum atomic E-state index is 12.2. The van der Waals surface area contributed by atoms with Crippen LogP contribution in [-0.2, 0) is 25.5 Å². The van der Waals surface area contributed by atoms with Crippen LogP contribution in [0.2, 0.25) is 5.02 Å². The quantitative estimate of drug-likeness (QED) is 0.157. The summed E-state index contributed by atoms with van der Waals surface area (Å²) in [5.74, 6) is -0.0800. The topological polar surface area (TPSA) is 159 Å². The van der Waals surface area contributed by atoms with E-state index in [1.54, 1.807) is 28.1 Å². The smallest absolute Gasteiger partial charge is 0.407 e. The molecule has 2 heterocycles. The van der Waals surface area contributed by atoms with E-state index in [2.05, 4.69) is 41.9 Å². The Morgan fingerprint density at radius 1 is 1.27 bits per heavy atom. The minimum Gasteiger partial charge on any atom is -0.495 e. The molecule has 1 aromatic rings. The molecule has 2 aliphatic rings. The lowest BCUT2D eigenvalue weighted by atomic mass is 9.86. The van der Waals surface area contributed by atoms with Crippen LogP contribution in [0.3, 0.4) is 0 Å². The average molecular weight is 640 g/mol. The summed E-state index contributed by atoms with van der Waals surface area (Å²) in [5, 5.41) is 23.9. The van der Waals surface area contributed by atoms with Gasteiger partial charge in [0.05, 0.1) is 23.8 Å². The molecule has 2 saturated heterocycles. The van der Waals surface area contributed by atoms with Gasteiger partial charge in [0.1, 0.15) is 17.9 Å². The summed E-state index contributed by atoms with van der Waals surface area (Å²) in [4.78, 5) is 33.6. The van der Waals surface area contributed by atoms with E-state index in [-0.39, 0.29) is 41.8 Å². The van der Waals surface area contributed by atoms with Crippen molar-refractivity contribution in [2.45, 2.75) is 89.7 Å². The third-order valence-corrected chi connectivity index (χ3v) is 7.98. The molecule has 0 aromatic heterocycles. The number of carbonyl (C=O) groups excluding carboxylic acids is 2. The van der Waals surface area contributed by atoms with Crippen LogP contribution >= 0.6 is 11.6 Å². The normalized spacial score (nSPS) is 23.9. The van der Waals surface area contributed by atoms with Crippen molar-refractivity contribution >= 4 is 29.6 Å². The van der Waals surface area contributed by atoms with E-state index in [1.165, 1.54) is 5.57 Å². The molecule has 2 fully saturated rings. The predicted molar refractivity (Wildman–Crippen MR) is 171 cm³/mol. The number of likely N-dealkylation sites (N-methyl/N-ethyl adjacent to an activating group) is 1. The van der Waals surface area contributed by atoms with Gasteiger partial charge in [0.15, 0.2) is 0 Å². The van der Waals surface area contributed by atoms with Gasteiger partial charge in [-0.3, -0.25) is 9.59 Å². The zero-order chi connectivity index (χ0) is 33.4. The summed E-state index contributed by atoms with van der Waals surface area (Å²) in [6.45, 7) is 7.75. The molecule has 1 aromatic carbocycles. The van der Waals surface area contributed by atoms with E-state index in [9.17, 15) is 14.4 Å². The first-order chi connectivity index (χ1) is 20.8. The molecule has 3 rings (SSSR count). The van der Waals surface area contributed by atoms with Crippen LogP contribution in [0, 0.1) is 5.92 Å². The standard InChI is InChI=1S/C27H37ClN2O5.C4H9NO2.CH4O/c1-17(14-19-10-11-21(28)23(15-19)33-5)8-6-7-9-20-16-22(34-26(32)30-20)18(2)25-27(3,35-25)13-12-24(31)29-4;1-3(5-2)4(6)7;1-2/h6-8,10-11,15,18,20,22,25H,9,12-14,16H2,1-5H3,(H,29,31)(H,30,32);3,5H,1-2H3,(H,6,7);2H,1H3/b7-6+,17-8+;;/t18-,20?,22?,25?,27+;3-;/m11./s1. The maximum Gasteiger partial charge on any atom is 0.407 e. The number of hydrogen-bond donors (Lipinski definition) is 5. The average Bonchev–Trinajstić information content (AvgIpc) is 3.70. The second-order valence-electron chi connectivity index (χ2n) is 11.1. The number of rotatable bonds is 13. The Kier molecular flexibility index (Phi) is 17.1. The van der Waals surface area contributed by atoms with Crippen LogP contribution in [0.4, 0.5) is 4.79 Å². The lowest BCUT2D eigenvalue weighted by molar-refractivity contribution is -0.138. The molecule has 248 valence electrons. The number of methoxy groups -OCH3 is 1. The van der Waals surface area contributed by atoms with Gasteiger partial charge in [0, 0.05) is 39.0 Å². The first-order valence-electron chi connectivity index (χ1n) is 14.7. The first kappa shape index (κ1) is 38.9.